The Bertz CT molecular complexity index is 1740. The molecule has 43 heavy (non-hydrogen) atoms. The summed E-state index contributed by atoms with van der Waals surface area (Å²) >= 11 is 3.34. The first-order valence-electron chi connectivity index (χ1n) is 12.9. The van der Waals surface area contributed by atoms with Crippen molar-refractivity contribution in [1.82, 2.24) is 10.7 Å². The molecule has 0 aliphatic carbocycles. The van der Waals surface area contributed by atoms with Gasteiger partial charge >= 0.3 is 5.97 Å². The van der Waals surface area contributed by atoms with Crippen molar-refractivity contribution in [2.45, 2.75) is 0 Å². The van der Waals surface area contributed by atoms with Gasteiger partial charge in [0, 0.05) is 10.0 Å². The Morgan fingerprint density at radius 1 is 0.860 bits per heavy atom. The maximum Gasteiger partial charge on any atom is 0.344 e. The molecule has 5 rings (SSSR count). The number of rotatable bonds is 9. The number of hydrogen-bond acceptors (Lipinski definition) is 8. The lowest BCUT2D eigenvalue weighted by molar-refractivity contribution is -0.117. The van der Waals surface area contributed by atoms with Gasteiger partial charge < -0.3 is 24.3 Å². The van der Waals surface area contributed by atoms with Gasteiger partial charge in [-0.25, -0.2) is 10.2 Å². The summed E-state index contributed by atoms with van der Waals surface area (Å²) in [5.41, 5.74) is 4.28. The van der Waals surface area contributed by atoms with Gasteiger partial charge in [0.15, 0.2) is 23.0 Å². The molecule has 2 amide bonds. The van der Waals surface area contributed by atoms with Gasteiger partial charge in [-0.15, -0.1) is 0 Å². The van der Waals surface area contributed by atoms with Crippen LogP contribution < -0.4 is 29.7 Å². The number of amides is 2. The molecule has 2 N–H and O–H groups in total. The fourth-order valence-corrected chi connectivity index (χ4v) is 4.41. The molecule has 0 fully saturated rings. The lowest BCUT2D eigenvalue weighted by atomic mass is 10.1. The third-order valence-corrected chi connectivity index (χ3v) is 6.79. The first-order chi connectivity index (χ1) is 20.9. The lowest BCUT2D eigenvalue weighted by Crippen LogP contribution is -2.32. The minimum Gasteiger partial charge on any atom is -0.493 e. The molecule has 0 aromatic heterocycles. The second-order valence-electron chi connectivity index (χ2n) is 8.97. The molecule has 216 valence electrons. The van der Waals surface area contributed by atoms with E-state index in [0.29, 0.717) is 38.2 Å². The molecule has 0 saturated carbocycles. The quantitative estimate of drug-likeness (QED) is 0.0832. The summed E-state index contributed by atoms with van der Waals surface area (Å²) in [6.45, 7) is 0.105. The van der Waals surface area contributed by atoms with Gasteiger partial charge in [0.05, 0.1) is 18.9 Å². The molecule has 11 heteroatoms. The Hall–Kier alpha value is -5.42. The smallest absolute Gasteiger partial charge is 0.344 e. The predicted molar refractivity (Wildman–Crippen MR) is 162 cm³/mol. The zero-order chi connectivity index (χ0) is 30.2. The van der Waals surface area contributed by atoms with Crippen molar-refractivity contribution in [3.8, 4) is 23.0 Å². The number of nitrogens with one attached hydrogen (secondary N) is 2. The molecule has 4 aromatic rings. The number of hydrazone groups is 1. The average molecular weight is 642 g/mol. The number of ether oxygens (including phenoxy) is 4. The lowest BCUT2D eigenvalue weighted by Gasteiger charge is -2.11. The summed E-state index contributed by atoms with van der Waals surface area (Å²) in [5.74, 6) is -0.0751. The Labute approximate surface area is 255 Å². The second-order valence-corrected chi connectivity index (χ2v) is 9.82. The van der Waals surface area contributed by atoms with E-state index >= 15 is 0 Å². The Morgan fingerprint density at radius 2 is 1.60 bits per heavy atom. The first kappa shape index (κ1) is 29.1. The molecule has 0 saturated heterocycles. The molecule has 1 aliphatic heterocycles. The van der Waals surface area contributed by atoms with Crippen LogP contribution >= 0.6 is 15.9 Å². The van der Waals surface area contributed by atoms with Crippen LogP contribution in [0.5, 0.6) is 23.0 Å². The molecule has 0 bridgehead atoms. The zero-order valence-corrected chi connectivity index (χ0v) is 24.3. The highest BCUT2D eigenvalue weighted by Gasteiger charge is 2.18. The molecule has 1 aliphatic rings. The molecule has 0 spiro atoms. The Morgan fingerprint density at radius 3 is 2.40 bits per heavy atom. The van der Waals surface area contributed by atoms with Crippen LogP contribution in [-0.2, 0) is 4.79 Å². The van der Waals surface area contributed by atoms with Crippen molar-refractivity contribution in [2.24, 2.45) is 5.10 Å². The molecule has 1 heterocycles. The summed E-state index contributed by atoms with van der Waals surface area (Å²) in [6.07, 6.45) is 2.89. The van der Waals surface area contributed by atoms with Gasteiger partial charge in [0.1, 0.15) is 5.70 Å². The van der Waals surface area contributed by atoms with Crippen LogP contribution in [0.25, 0.3) is 6.08 Å². The van der Waals surface area contributed by atoms with Crippen molar-refractivity contribution in [3.63, 3.8) is 0 Å². The minimum absolute atomic E-state index is 0.0446. The van der Waals surface area contributed by atoms with Crippen molar-refractivity contribution in [3.05, 3.63) is 123 Å². The van der Waals surface area contributed by atoms with E-state index in [1.54, 1.807) is 91.0 Å². The standard InChI is InChI=1S/C32H24BrN3O7/c1-40-28-17-21(12-14-27(28)43-32(39)23-9-5-6-10-24(23)33)18-34-36-31(38)25(35-30(37)22-7-3-2-4-8-22)15-20-11-13-26-29(16-20)42-19-41-26/h2-18H,19H2,1H3,(H,35,37)(H,36,38)/b25-15+,34-18-. The molecular formula is C32H24BrN3O7. The van der Waals surface area contributed by atoms with Crippen LogP contribution in [0.2, 0.25) is 0 Å². The topological polar surface area (TPSA) is 125 Å². The number of esters is 1. The number of halogens is 1. The number of benzene rings is 4. The number of nitrogens with zero attached hydrogens (tertiary/aromatic N) is 1. The highest BCUT2D eigenvalue weighted by Crippen LogP contribution is 2.33. The summed E-state index contributed by atoms with van der Waals surface area (Å²) in [7, 11) is 1.44. The maximum absolute atomic E-state index is 13.1. The van der Waals surface area contributed by atoms with E-state index in [1.807, 2.05) is 0 Å². The van der Waals surface area contributed by atoms with Crippen LogP contribution in [0.15, 0.2) is 106 Å². The molecule has 0 radical (unpaired) electrons. The summed E-state index contributed by atoms with van der Waals surface area (Å²) in [5, 5.41) is 6.69. The van der Waals surface area contributed by atoms with E-state index < -0.39 is 17.8 Å². The summed E-state index contributed by atoms with van der Waals surface area (Å²) in [4.78, 5) is 38.6. The number of hydrogen-bond donors (Lipinski definition) is 2. The highest BCUT2D eigenvalue weighted by molar-refractivity contribution is 9.10. The van der Waals surface area contributed by atoms with Crippen LogP contribution in [0, 0.1) is 0 Å². The van der Waals surface area contributed by atoms with Gasteiger partial charge in [0.2, 0.25) is 6.79 Å². The number of carbonyl (C=O) groups is 3. The normalized spacial score (nSPS) is 12.1. The third-order valence-electron chi connectivity index (χ3n) is 6.10. The van der Waals surface area contributed by atoms with Gasteiger partial charge in [-0.05, 0) is 87.7 Å². The van der Waals surface area contributed by atoms with E-state index in [4.69, 9.17) is 18.9 Å². The summed E-state index contributed by atoms with van der Waals surface area (Å²) < 4.78 is 22.3. The van der Waals surface area contributed by atoms with E-state index in [-0.39, 0.29) is 24.0 Å². The fraction of sp³-hybridized carbons (Fsp3) is 0.0625. The highest BCUT2D eigenvalue weighted by atomic mass is 79.9. The molecule has 10 nitrogen and oxygen atoms in total. The molecule has 0 unspecified atom stereocenters. The van der Waals surface area contributed by atoms with Gasteiger partial charge in [-0.2, -0.15) is 5.10 Å². The van der Waals surface area contributed by atoms with Crippen molar-refractivity contribution in [2.75, 3.05) is 13.9 Å². The Balaban J connectivity index is 1.31. The van der Waals surface area contributed by atoms with Gasteiger partial charge in [-0.3, -0.25) is 9.59 Å². The first-order valence-corrected chi connectivity index (χ1v) is 13.7. The molecule has 4 aromatic carbocycles. The molecule has 0 atom stereocenters. The monoisotopic (exact) mass is 641 g/mol. The van der Waals surface area contributed by atoms with Crippen LogP contribution in [0.1, 0.15) is 31.8 Å². The van der Waals surface area contributed by atoms with Crippen LogP contribution in [0.3, 0.4) is 0 Å². The number of carbonyl (C=O) groups excluding carboxylic acids is 3. The second kappa shape index (κ2) is 13.5. The summed E-state index contributed by atoms with van der Waals surface area (Å²) in [6, 6.07) is 25.4. The number of methoxy groups -OCH3 is 1. The predicted octanol–water partition coefficient (Wildman–Crippen LogP) is 5.33. The SMILES string of the molecule is COc1cc(/C=N\NC(=O)/C(=C\c2ccc3c(c2)OCO3)NC(=O)c2ccccc2)ccc1OC(=O)c1ccccc1Br. The fourth-order valence-electron chi connectivity index (χ4n) is 3.97. The van der Waals surface area contributed by atoms with Crippen LogP contribution in [-0.4, -0.2) is 37.9 Å². The zero-order valence-electron chi connectivity index (χ0n) is 22.7. The van der Waals surface area contributed by atoms with Crippen LogP contribution in [0.4, 0.5) is 0 Å². The minimum atomic E-state index is -0.663. The average Bonchev–Trinajstić information content (AvgIpc) is 3.50. The number of fused-ring (bicyclic) bond motifs is 1. The van der Waals surface area contributed by atoms with E-state index in [2.05, 4.69) is 31.8 Å². The van der Waals surface area contributed by atoms with Gasteiger partial charge in [0.25, 0.3) is 11.8 Å². The van der Waals surface area contributed by atoms with E-state index in [9.17, 15) is 14.4 Å². The van der Waals surface area contributed by atoms with Gasteiger partial charge in [-0.1, -0.05) is 36.4 Å². The maximum atomic E-state index is 13.1. The largest absolute Gasteiger partial charge is 0.493 e. The van der Waals surface area contributed by atoms with Crippen molar-refractivity contribution < 1.29 is 33.3 Å². The van der Waals surface area contributed by atoms with E-state index in [0.717, 1.165) is 0 Å². The van der Waals surface area contributed by atoms with Crippen molar-refractivity contribution in [1.29, 1.82) is 0 Å². The van der Waals surface area contributed by atoms with E-state index in [1.165, 1.54) is 19.4 Å². The molecular weight excluding hydrogens is 618 g/mol. The Kier molecular flexibility index (Phi) is 9.13. The van der Waals surface area contributed by atoms with Crippen molar-refractivity contribution >= 4 is 46.0 Å². The third kappa shape index (κ3) is 7.27.